The zero-order chi connectivity index (χ0) is 21.3. The molecule has 1 N–H and O–H groups in total. The van der Waals surface area contributed by atoms with Crippen LogP contribution in [0.3, 0.4) is 0 Å². The third kappa shape index (κ3) is 4.30. The molecule has 0 bridgehead atoms. The third-order valence-corrected chi connectivity index (χ3v) is 6.39. The van der Waals surface area contributed by atoms with Gasteiger partial charge in [0.25, 0.3) is 0 Å². The van der Waals surface area contributed by atoms with E-state index in [4.69, 9.17) is 20.9 Å². The van der Waals surface area contributed by atoms with Crippen LogP contribution in [0.2, 0.25) is 5.02 Å². The zero-order valence-corrected chi connectivity index (χ0v) is 17.9. The minimum absolute atomic E-state index is 0.0142. The highest BCUT2D eigenvalue weighted by Crippen LogP contribution is 2.43. The van der Waals surface area contributed by atoms with Crippen LogP contribution in [-0.2, 0) is 16.8 Å². The van der Waals surface area contributed by atoms with Crippen LogP contribution in [0.5, 0.6) is 5.75 Å². The number of benzene rings is 2. The first-order valence-corrected chi connectivity index (χ1v) is 11.1. The van der Waals surface area contributed by atoms with Crippen LogP contribution in [0.4, 0.5) is 5.69 Å². The summed E-state index contributed by atoms with van der Waals surface area (Å²) in [4.78, 5) is 17.7. The molecule has 1 heterocycles. The lowest BCUT2D eigenvalue weighted by Crippen LogP contribution is -2.38. The molecule has 5 rings (SSSR count). The molecule has 2 aliphatic carbocycles. The Bertz CT molecular complexity index is 1070. The van der Waals surface area contributed by atoms with Crippen molar-refractivity contribution in [2.45, 2.75) is 56.5 Å². The lowest BCUT2D eigenvalue weighted by Gasteiger charge is -2.28. The number of carbonyl (C=O) groups excluding carboxylic acids is 1. The molecule has 3 aromatic rings. The van der Waals surface area contributed by atoms with Crippen molar-refractivity contribution in [3.05, 3.63) is 70.8 Å². The number of carbonyl (C=O) groups is 1. The molecular weight excluding hydrogens is 414 g/mol. The van der Waals surface area contributed by atoms with Crippen molar-refractivity contribution in [2.75, 3.05) is 5.32 Å². The summed E-state index contributed by atoms with van der Waals surface area (Å²) in [6.45, 7) is 0.250. The molecule has 2 fully saturated rings. The van der Waals surface area contributed by atoms with E-state index in [-0.39, 0.29) is 12.5 Å². The summed E-state index contributed by atoms with van der Waals surface area (Å²) < 4.78 is 11.0. The summed E-state index contributed by atoms with van der Waals surface area (Å²) in [5, 5.41) is 7.70. The Kier molecular flexibility index (Phi) is 5.40. The molecule has 1 aromatic heterocycles. The van der Waals surface area contributed by atoms with Crippen molar-refractivity contribution >= 4 is 23.2 Å². The number of hydrogen-bond donors (Lipinski definition) is 1. The number of nitrogens with zero attached hydrogens (tertiary/aromatic N) is 2. The van der Waals surface area contributed by atoms with E-state index in [0.29, 0.717) is 28.4 Å². The Morgan fingerprint density at radius 2 is 1.94 bits per heavy atom. The molecule has 160 valence electrons. The first-order chi connectivity index (χ1) is 15.1. The molecule has 0 unspecified atom stereocenters. The van der Waals surface area contributed by atoms with Gasteiger partial charge < -0.3 is 14.6 Å². The molecule has 7 heteroatoms. The van der Waals surface area contributed by atoms with Crippen LogP contribution in [0.25, 0.3) is 0 Å². The second-order valence-electron chi connectivity index (χ2n) is 8.39. The minimum Gasteiger partial charge on any atom is -0.485 e. The number of anilines is 1. The lowest BCUT2D eigenvalue weighted by atomic mass is 9.78. The van der Waals surface area contributed by atoms with E-state index in [0.717, 1.165) is 49.8 Å². The topological polar surface area (TPSA) is 77.2 Å². The van der Waals surface area contributed by atoms with Gasteiger partial charge in [-0.15, -0.1) is 0 Å². The Labute approximate surface area is 185 Å². The highest BCUT2D eigenvalue weighted by molar-refractivity contribution is 6.30. The van der Waals surface area contributed by atoms with Gasteiger partial charge in [0.05, 0.1) is 5.41 Å². The van der Waals surface area contributed by atoms with Crippen molar-refractivity contribution in [3.8, 4) is 5.75 Å². The second-order valence-corrected chi connectivity index (χ2v) is 8.83. The molecule has 6 nitrogen and oxygen atoms in total. The smallest absolute Gasteiger partial charge is 0.235 e. The second kappa shape index (κ2) is 8.35. The maximum atomic E-state index is 13.3. The molecule has 0 spiro atoms. The number of hydrogen-bond acceptors (Lipinski definition) is 5. The van der Waals surface area contributed by atoms with Crippen molar-refractivity contribution in [3.63, 3.8) is 0 Å². The number of halogens is 1. The van der Waals surface area contributed by atoms with E-state index < -0.39 is 5.41 Å². The van der Waals surface area contributed by atoms with Gasteiger partial charge in [-0.2, -0.15) is 4.98 Å². The van der Waals surface area contributed by atoms with Crippen molar-refractivity contribution < 1.29 is 14.1 Å². The van der Waals surface area contributed by atoms with Crippen molar-refractivity contribution in [2.24, 2.45) is 0 Å². The summed E-state index contributed by atoms with van der Waals surface area (Å²) in [6, 6.07) is 15.0. The van der Waals surface area contributed by atoms with E-state index >= 15 is 0 Å². The molecule has 31 heavy (non-hydrogen) atoms. The quantitative estimate of drug-likeness (QED) is 0.518. The van der Waals surface area contributed by atoms with E-state index in [1.54, 1.807) is 0 Å². The van der Waals surface area contributed by atoms with Crippen molar-refractivity contribution in [1.82, 2.24) is 10.1 Å². The van der Waals surface area contributed by atoms with Gasteiger partial charge >= 0.3 is 0 Å². The average molecular weight is 438 g/mol. The average Bonchev–Trinajstić information content (AvgIpc) is 3.31. The van der Waals surface area contributed by atoms with Crippen molar-refractivity contribution in [1.29, 1.82) is 0 Å². The van der Waals surface area contributed by atoms with E-state index in [1.165, 1.54) is 0 Å². The highest BCUT2D eigenvalue weighted by atomic mass is 35.5. The van der Waals surface area contributed by atoms with Gasteiger partial charge in [-0.1, -0.05) is 41.7 Å². The fourth-order valence-corrected chi connectivity index (χ4v) is 4.46. The van der Waals surface area contributed by atoms with E-state index in [9.17, 15) is 4.79 Å². The number of ether oxygens (including phenoxy) is 1. The maximum Gasteiger partial charge on any atom is 0.235 e. The Balaban J connectivity index is 1.23. The first kappa shape index (κ1) is 20.1. The number of nitrogens with one attached hydrogen (secondary N) is 1. The Hall–Kier alpha value is -2.86. The van der Waals surface area contributed by atoms with Crippen LogP contribution >= 0.6 is 11.6 Å². The minimum atomic E-state index is -0.530. The van der Waals surface area contributed by atoms with Gasteiger partial charge in [0.2, 0.25) is 17.6 Å². The molecule has 0 aliphatic heterocycles. The maximum absolute atomic E-state index is 13.3. The summed E-state index contributed by atoms with van der Waals surface area (Å²) in [6.07, 6.45) is 5.96. The molecule has 1 amide bonds. The van der Waals surface area contributed by atoms with Crippen LogP contribution < -0.4 is 10.1 Å². The lowest BCUT2D eigenvalue weighted by molar-refractivity contribution is -0.121. The number of amides is 1. The van der Waals surface area contributed by atoms with Gasteiger partial charge in [-0.3, -0.25) is 4.79 Å². The summed E-state index contributed by atoms with van der Waals surface area (Å²) in [5.41, 5.74) is 1.19. The summed E-state index contributed by atoms with van der Waals surface area (Å²) in [7, 11) is 0. The molecule has 2 aliphatic rings. The number of aromatic nitrogens is 2. The molecule has 0 atom stereocenters. The monoisotopic (exact) mass is 437 g/mol. The summed E-state index contributed by atoms with van der Waals surface area (Å²) in [5.74, 6) is 2.38. The third-order valence-electron chi connectivity index (χ3n) is 6.16. The van der Waals surface area contributed by atoms with E-state index in [2.05, 4.69) is 15.5 Å². The highest BCUT2D eigenvalue weighted by Gasteiger charge is 2.42. The van der Waals surface area contributed by atoms with Gasteiger partial charge in [-0.05, 0) is 67.6 Å². The standard InChI is InChI=1S/C24H24ClN3O3/c25-18-5-3-4-17(14-18)24(12-1-2-13-24)23(29)26-19-8-10-20(11-9-19)30-15-21-27-22(31-28-21)16-6-7-16/h3-5,8-11,14,16H,1-2,6-7,12-13,15H2,(H,26,29). The van der Waals surface area contributed by atoms with E-state index in [1.807, 2.05) is 48.5 Å². The predicted octanol–water partition coefficient (Wildman–Crippen LogP) is 5.63. The first-order valence-electron chi connectivity index (χ1n) is 10.8. The van der Waals surface area contributed by atoms with Crippen LogP contribution in [0.15, 0.2) is 53.1 Å². The largest absolute Gasteiger partial charge is 0.485 e. The van der Waals surface area contributed by atoms with Crippen LogP contribution in [-0.4, -0.2) is 16.0 Å². The summed E-state index contributed by atoms with van der Waals surface area (Å²) >= 11 is 6.20. The predicted molar refractivity (Wildman–Crippen MR) is 117 cm³/mol. The molecule has 0 saturated heterocycles. The van der Waals surface area contributed by atoms with Crippen LogP contribution in [0, 0.1) is 0 Å². The van der Waals surface area contributed by atoms with Gasteiger partial charge in [-0.25, -0.2) is 0 Å². The fraction of sp³-hybridized carbons (Fsp3) is 0.375. The normalized spacial score (nSPS) is 17.5. The SMILES string of the molecule is O=C(Nc1ccc(OCc2noc(C3CC3)n2)cc1)C1(c2cccc(Cl)c2)CCCC1. The Morgan fingerprint density at radius 1 is 1.16 bits per heavy atom. The zero-order valence-electron chi connectivity index (χ0n) is 17.1. The molecule has 2 aromatic carbocycles. The van der Waals surface area contributed by atoms with Gasteiger partial charge in [0.15, 0.2) is 6.61 Å². The van der Waals surface area contributed by atoms with Gasteiger partial charge in [0, 0.05) is 16.6 Å². The van der Waals surface area contributed by atoms with Gasteiger partial charge in [0.1, 0.15) is 5.75 Å². The van der Waals surface area contributed by atoms with Crippen LogP contribution in [0.1, 0.15) is 61.7 Å². The fourth-order valence-electron chi connectivity index (χ4n) is 4.27. The Morgan fingerprint density at radius 3 is 2.65 bits per heavy atom. The molecular formula is C24H24ClN3O3. The molecule has 2 saturated carbocycles. The number of rotatable bonds is 7. The molecule has 0 radical (unpaired) electrons.